The molecule has 0 aliphatic heterocycles. The van der Waals surface area contributed by atoms with Crippen LogP contribution in [0.1, 0.15) is 18.9 Å². The zero-order chi connectivity index (χ0) is 17.9. The third-order valence-corrected chi connectivity index (χ3v) is 3.63. The van der Waals surface area contributed by atoms with E-state index in [4.69, 9.17) is 14.2 Å². The monoisotopic (exact) mass is 343 g/mol. The first kappa shape index (κ1) is 18.6. The summed E-state index contributed by atoms with van der Waals surface area (Å²) in [5, 5.41) is 2.86. The van der Waals surface area contributed by atoms with Gasteiger partial charge in [0.2, 0.25) is 0 Å². The molecule has 0 aliphatic carbocycles. The minimum absolute atomic E-state index is 0.0244. The van der Waals surface area contributed by atoms with E-state index in [2.05, 4.69) is 17.4 Å². The number of benzene rings is 2. The maximum atomic E-state index is 11.9. The highest BCUT2D eigenvalue weighted by Crippen LogP contribution is 2.25. The number of rotatable bonds is 10. The van der Waals surface area contributed by atoms with Gasteiger partial charge in [0, 0.05) is 6.54 Å². The van der Waals surface area contributed by atoms with Crippen molar-refractivity contribution in [1.82, 2.24) is 5.32 Å². The van der Waals surface area contributed by atoms with Crippen LogP contribution in [0.5, 0.6) is 17.2 Å². The topological polar surface area (TPSA) is 56.8 Å². The average Bonchev–Trinajstić information content (AvgIpc) is 2.65. The number of nitrogens with one attached hydrogen (secondary N) is 1. The maximum Gasteiger partial charge on any atom is 0.257 e. The molecule has 0 saturated carbocycles. The summed E-state index contributed by atoms with van der Waals surface area (Å²) in [7, 11) is 1.57. The Morgan fingerprint density at radius 1 is 1.00 bits per heavy atom. The van der Waals surface area contributed by atoms with Crippen molar-refractivity contribution < 1.29 is 19.0 Å². The summed E-state index contributed by atoms with van der Waals surface area (Å²) in [6.45, 7) is 3.22. The Hall–Kier alpha value is -2.69. The van der Waals surface area contributed by atoms with Gasteiger partial charge in [-0.05, 0) is 49.6 Å². The van der Waals surface area contributed by atoms with Crippen LogP contribution in [0, 0.1) is 0 Å². The lowest BCUT2D eigenvalue weighted by molar-refractivity contribution is -0.123. The van der Waals surface area contributed by atoms with E-state index in [1.165, 1.54) is 5.56 Å². The van der Waals surface area contributed by atoms with E-state index >= 15 is 0 Å². The van der Waals surface area contributed by atoms with Gasteiger partial charge in [-0.3, -0.25) is 4.79 Å². The first-order chi connectivity index (χ1) is 12.2. The molecule has 0 heterocycles. The molecule has 0 bridgehead atoms. The molecule has 0 unspecified atom stereocenters. The number of para-hydroxylation sites is 2. The predicted molar refractivity (Wildman–Crippen MR) is 97.4 cm³/mol. The number of carbonyl (C=O) groups is 1. The molecule has 25 heavy (non-hydrogen) atoms. The number of ether oxygens (including phenoxy) is 3. The largest absolute Gasteiger partial charge is 0.494 e. The van der Waals surface area contributed by atoms with E-state index in [1.807, 2.05) is 31.2 Å². The molecule has 1 N–H and O–H groups in total. The lowest BCUT2D eigenvalue weighted by atomic mass is 10.1. The van der Waals surface area contributed by atoms with Crippen molar-refractivity contribution in [3.63, 3.8) is 0 Å². The van der Waals surface area contributed by atoms with E-state index in [1.54, 1.807) is 19.2 Å². The highest BCUT2D eigenvalue weighted by atomic mass is 16.5. The van der Waals surface area contributed by atoms with Crippen molar-refractivity contribution in [2.75, 3.05) is 26.9 Å². The Balaban J connectivity index is 1.65. The number of hydrogen-bond donors (Lipinski definition) is 1. The summed E-state index contributed by atoms with van der Waals surface area (Å²) >= 11 is 0. The van der Waals surface area contributed by atoms with Gasteiger partial charge in [-0.25, -0.2) is 0 Å². The second-order valence-corrected chi connectivity index (χ2v) is 5.47. The Kier molecular flexibility index (Phi) is 7.63. The summed E-state index contributed by atoms with van der Waals surface area (Å²) in [6.07, 6.45) is 1.77. The number of amides is 1. The second-order valence-electron chi connectivity index (χ2n) is 5.47. The molecule has 1 amide bonds. The Morgan fingerprint density at radius 3 is 2.40 bits per heavy atom. The molecule has 134 valence electrons. The minimum Gasteiger partial charge on any atom is -0.494 e. The molecule has 5 nitrogen and oxygen atoms in total. The van der Waals surface area contributed by atoms with E-state index in [0.717, 1.165) is 18.6 Å². The molecule has 0 aliphatic rings. The van der Waals surface area contributed by atoms with Crippen LogP contribution in [-0.4, -0.2) is 32.8 Å². The van der Waals surface area contributed by atoms with Crippen LogP contribution in [0.3, 0.4) is 0 Å². The van der Waals surface area contributed by atoms with Crippen molar-refractivity contribution in [1.29, 1.82) is 0 Å². The van der Waals surface area contributed by atoms with Crippen LogP contribution in [0.2, 0.25) is 0 Å². The fraction of sp³-hybridized carbons (Fsp3) is 0.350. The lowest BCUT2D eigenvalue weighted by Crippen LogP contribution is -2.30. The van der Waals surface area contributed by atoms with Gasteiger partial charge in [0.1, 0.15) is 5.75 Å². The van der Waals surface area contributed by atoms with Crippen LogP contribution in [0.25, 0.3) is 0 Å². The molecule has 0 spiro atoms. The van der Waals surface area contributed by atoms with Gasteiger partial charge in [0.15, 0.2) is 18.1 Å². The lowest BCUT2D eigenvalue weighted by Gasteiger charge is -2.10. The molecular weight excluding hydrogens is 318 g/mol. The zero-order valence-corrected chi connectivity index (χ0v) is 14.8. The summed E-state index contributed by atoms with van der Waals surface area (Å²) in [4.78, 5) is 11.9. The van der Waals surface area contributed by atoms with Crippen molar-refractivity contribution in [3.8, 4) is 17.2 Å². The van der Waals surface area contributed by atoms with Crippen molar-refractivity contribution in [3.05, 3.63) is 54.1 Å². The number of methoxy groups -OCH3 is 1. The normalized spacial score (nSPS) is 10.2. The molecule has 0 radical (unpaired) electrons. The smallest absolute Gasteiger partial charge is 0.257 e. The van der Waals surface area contributed by atoms with Crippen LogP contribution in [-0.2, 0) is 11.2 Å². The Morgan fingerprint density at radius 2 is 1.72 bits per heavy atom. The van der Waals surface area contributed by atoms with Gasteiger partial charge in [0.05, 0.1) is 13.7 Å². The third kappa shape index (κ3) is 6.37. The van der Waals surface area contributed by atoms with Gasteiger partial charge < -0.3 is 19.5 Å². The van der Waals surface area contributed by atoms with E-state index in [0.29, 0.717) is 24.7 Å². The quantitative estimate of drug-likeness (QED) is 0.673. The van der Waals surface area contributed by atoms with Gasteiger partial charge in [-0.15, -0.1) is 0 Å². The minimum atomic E-state index is -0.141. The van der Waals surface area contributed by atoms with Gasteiger partial charge in [-0.2, -0.15) is 0 Å². The van der Waals surface area contributed by atoms with Crippen LogP contribution in [0.15, 0.2) is 48.5 Å². The highest BCUT2D eigenvalue weighted by Gasteiger charge is 2.06. The summed E-state index contributed by atoms with van der Waals surface area (Å²) in [5.41, 5.74) is 1.22. The number of aryl methyl sites for hydroxylation is 1. The van der Waals surface area contributed by atoms with Crippen LogP contribution in [0.4, 0.5) is 0 Å². The van der Waals surface area contributed by atoms with Gasteiger partial charge in [-0.1, -0.05) is 24.3 Å². The number of carbonyl (C=O) groups excluding carboxylic acids is 1. The molecule has 2 rings (SSSR count). The first-order valence-electron chi connectivity index (χ1n) is 8.47. The van der Waals surface area contributed by atoms with Crippen molar-refractivity contribution >= 4 is 5.91 Å². The standard InChI is InChI=1S/C20H25NO4/c1-3-24-17-12-10-16(11-13-17)7-6-14-21-20(22)15-25-19-9-5-4-8-18(19)23-2/h4-5,8-13H,3,6-7,14-15H2,1-2H3,(H,21,22). The van der Waals surface area contributed by atoms with Crippen molar-refractivity contribution in [2.24, 2.45) is 0 Å². The molecule has 0 atom stereocenters. The highest BCUT2D eigenvalue weighted by molar-refractivity contribution is 5.77. The molecule has 0 saturated heterocycles. The summed E-state index contributed by atoms with van der Waals surface area (Å²) in [5.74, 6) is 1.92. The molecule has 0 fully saturated rings. The fourth-order valence-corrected chi connectivity index (χ4v) is 2.37. The van der Waals surface area contributed by atoms with Gasteiger partial charge in [0.25, 0.3) is 5.91 Å². The predicted octanol–water partition coefficient (Wildman–Crippen LogP) is 3.22. The molecular formula is C20H25NO4. The van der Waals surface area contributed by atoms with Crippen molar-refractivity contribution in [2.45, 2.75) is 19.8 Å². The first-order valence-corrected chi connectivity index (χ1v) is 8.47. The summed E-state index contributed by atoms with van der Waals surface area (Å²) < 4.78 is 16.1. The van der Waals surface area contributed by atoms with E-state index < -0.39 is 0 Å². The molecule has 0 aromatic heterocycles. The Bertz CT molecular complexity index is 655. The van der Waals surface area contributed by atoms with Gasteiger partial charge >= 0.3 is 0 Å². The molecule has 2 aromatic carbocycles. The van der Waals surface area contributed by atoms with E-state index in [-0.39, 0.29) is 12.5 Å². The van der Waals surface area contributed by atoms with Crippen LogP contribution < -0.4 is 19.5 Å². The second kappa shape index (κ2) is 10.2. The Labute approximate surface area is 148 Å². The third-order valence-electron chi connectivity index (χ3n) is 3.63. The average molecular weight is 343 g/mol. The fourth-order valence-electron chi connectivity index (χ4n) is 2.37. The van der Waals surface area contributed by atoms with E-state index in [9.17, 15) is 4.79 Å². The maximum absolute atomic E-state index is 11.9. The summed E-state index contributed by atoms with van der Waals surface area (Å²) in [6, 6.07) is 15.3. The van der Waals surface area contributed by atoms with Crippen LogP contribution >= 0.6 is 0 Å². The number of hydrogen-bond acceptors (Lipinski definition) is 4. The SMILES string of the molecule is CCOc1ccc(CCCNC(=O)COc2ccccc2OC)cc1. The zero-order valence-electron chi connectivity index (χ0n) is 14.8. The molecule has 2 aromatic rings. The molecule has 5 heteroatoms.